The van der Waals surface area contributed by atoms with Crippen molar-refractivity contribution in [1.29, 1.82) is 0 Å². The van der Waals surface area contributed by atoms with Gasteiger partial charge in [-0.15, -0.1) is 11.8 Å². The molecule has 0 nitrogen and oxygen atoms in total. The molecule has 23 heavy (non-hydrogen) atoms. The number of allylic oxidation sites excluding steroid dienone is 6. The fourth-order valence-corrected chi connectivity index (χ4v) is 6.10. The summed E-state index contributed by atoms with van der Waals surface area (Å²) in [5, 5.41) is 0. The van der Waals surface area contributed by atoms with Crippen LogP contribution in [0.3, 0.4) is 0 Å². The summed E-state index contributed by atoms with van der Waals surface area (Å²) in [5.41, 5.74) is 0. The zero-order valence-corrected chi connectivity index (χ0v) is 16.3. The lowest BCUT2D eigenvalue weighted by atomic mass is 9.97. The number of halogens is 8. The first-order valence-corrected chi connectivity index (χ1v) is 9.61. The highest BCUT2D eigenvalue weighted by Crippen LogP contribution is 2.60. The van der Waals surface area contributed by atoms with Gasteiger partial charge in [0.05, 0.1) is 7.85 Å². The second kappa shape index (κ2) is 6.58. The van der Waals surface area contributed by atoms with Gasteiger partial charge in [0, 0.05) is 0 Å². The molecular formula is C14H10F6I2S. The molecule has 2 aliphatic rings. The first-order chi connectivity index (χ1) is 10.5. The molecule has 0 aliphatic heterocycles. The summed E-state index contributed by atoms with van der Waals surface area (Å²) in [6.45, 7) is 0. The molecule has 2 rings (SSSR count). The van der Waals surface area contributed by atoms with Crippen LogP contribution in [0.5, 0.6) is 0 Å². The van der Waals surface area contributed by atoms with E-state index < -0.39 is 29.7 Å². The second-order valence-electron chi connectivity index (χ2n) is 4.98. The van der Waals surface area contributed by atoms with Gasteiger partial charge in [-0.25, -0.2) is 0 Å². The van der Waals surface area contributed by atoms with E-state index in [1.165, 1.54) is 24.3 Å². The van der Waals surface area contributed by atoms with Gasteiger partial charge >= 0.3 is 12.4 Å². The molecule has 0 bridgehead atoms. The highest BCUT2D eigenvalue weighted by atomic mass is 127. The van der Waals surface area contributed by atoms with Crippen molar-refractivity contribution >= 4 is 56.9 Å². The molecule has 0 radical (unpaired) electrons. The maximum absolute atomic E-state index is 13.8. The van der Waals surface area contributed by atoms with E-state index in [1.807, 2.05) is 0 Å². The zero-order chi connectivity index (χ0) is 17.5. The molecule has 0 spiro atoms. The van der Waals surface area contributed by atoms with Crippen LogP contribution in [0.25, 0.3) is 0 Å². The molecule has 0 heterocycles. The maximum atomic E-state index is 13.8. The molecule has 0 aromatic carbocycles. The third kappa shape index (κ3) is 3.38. The summed E-state index contributed by atoms with van der Waals surface area (Å²) in [6, 6.07) is 0. The summed E-state index contributed by atoms with van der Waals surface area (Å²) < 4.78 is 75.0. The smallest absolute Gasteiger partial charge is 0.169 e. The minimum atomic E-state index is -4.83. The third-order valence-electron chi connectivity index (χ3n) is 3.51. The summed E-state index contributed by atoms with van der Waals surface area (Å²) in [4.78, 5) is 0. The molecule has 4 unspecified atom stereocenters. The van der Waals surface area contributed by atoms with Gasteiger partial charge in [-0.1, -0.05) is 93.8 Å². The lowest BCUT2D eigenvalue weighted by Gasteiger charge is -2.46. The molecule has 0 amide bonds. The van der Waals surface area contributed by atoms with Crippen molar-refractivity contribution in [2.45, 2.75) is 29.7 Å². The average Bonchev–Trinajstić information content (AvgIpc) is 2.41. The van der Waals surface area contributed by atoms with Crippen LogP contribution in [-0.2, 0) is 0 Å². The van der Waals surface area contributed by atoms with Gasteiger partial charge < -0.3 is 0 Å². The lowest BCUT2D eigenvalue weighted by molar-refractivity contribution is -0.154. The Labute approximate surface area is 160 Å². The van der Waals surface area contributed by atoms with Crippen LogP contribution in [0.1, 0.15) is 0 Å². The molecule has 9 heteroatoms. The SMILES string of the molecule is FC(F)(F)C1(SC2(C(F)(F)F)C=CC=CC2I)C=CC=CC1I. The Morgan fingerprint density at radius 2 is 1.04 bits per heavy atom. The molecule has 0 aromatic rings. The predicted molar refractivity (Wildman–Crippen MR) is 97.3 cm³/mol. The van der Waals surface area contributed by atoms with E-state index in [2.05, 4.69) is 0 Å². The van der Waals surface area contributed by atoms with Crippen molar-refractivity contribution in [2.75, 3.05) is 0 Å². The summed E-state index contributed by atoms with van der Waals surface area (Å²) in [6.07, 6.45) is -0.293. The quantitative estimate of drug-likeness (QED) is 0.215. The van der Waals surface area contributed by atoms with E-state index >= 15 is 0 Å². The molecule has 0 aromatic heterocycles. The number of hydrogen-bond donors (Lipinski definition) is 0. The highest BCUT2D eigenvalue weighted by molar-refractivity contribution is 14.1. The molecule has 0 N–H and O–H groups in total. The van der Waals surface area contributed by atoms with Gasteiger partial charge in [-0.2, -0.15) is 26.3 Å². The van der Waals surface area contributed by atoms with Crippen LogP contribution in [0.4, 0.5) is 26.3 Å². The highest BCUT2D eigenvalue weighted by Gasteiger charge is 2.67. The van der Waals surface area contributed by atoms with Crippen LogP contribution in [0, 0.1) is 0 Å². The van der Waals surface area contributed by atoms with Crippen LogP contribution >= 0.6 is 56.9 Å². The Balaban J connectivity index is 2.58. The summed E-state index contributed by atoms with van der Waals surface area (Å²) >= 11 is 3.01. The third-order valence-corrected chi connectivity index (χ3v) is 9.07. The monoisotopic (exact) mass is 578 g/mol. The molecule has 2 aliphatic carbocycles. The predicted octanol–water partition coefficient (Wildman–Crippen LogP) is 6.18. The fraction of sp³-hybridized carbons (Fsp3) is 0.429. The van der Waals surface area contributed by atoms with Crippen molar-refractivity contribution in [3.63, 3.8) is 0 Å². The van der Waals surface area contributed by atoms with Gasteiger partial charge in [0.2, 0.25) is 0 Å². The van der Waals surface area contributed by atoms with Gasteiger partial charge in [0.15, 0.2) is 0 Å². The van der Waals surface area contributed by atoms with Crippen LogP contribution in [0.2, 0.25) is 0 Å². The molecule has 4 atom stereocenters. The minimum absolute atomic E-state index is 0.0746. The second-order valence-corrected chi connectivity index (χ2v) is 9.21. The number of rotatable bonds is 2. The van der Waals surface area contributed by atoms with E-state index in [0.29, 0.717) is 0 Å². The Morgan fingerprint density at radius 1 is 0.696 bits per heavy atom. The molecule has 128 valence electrons. The number of alkyl halides is 8. The zero-order valence-electron chi connectivity index (χ0n) is 11.2. The van der Waals surface area contributed by atoms with Crippen molar-refractivity contribution in [2.24, 2.45) is 0 Å². The Bertz CT molecular complexity index is 527. The molecule has 0 saturated heterocycles. The largest absolute Gasteiger partial charge is 0.408 e. The van der Waals surface area contributed by atoms with Gasteiger partial charge in [-0.05, 0) is 0 Å². The van der Waals surface area contributed by atoms with Crippen molar-refractivity contribution in [1.82, 2.24) is 0 Å². The van der Waals surface area contributed by atoms with Gasteiger partial charge in [0.1, 0.15) is 9.49 Å². The molecule has 0 fully saturated rings. The van der Waals surface area contributed by atoms with Crippen molar-refractivity contribution in [3.8, 4) is 0 Å². The van der Waals surface area contributed by atoms with E-state index in [4.69, 9.17) is 0 Å². The van der Waals surface area contributed by atoms with Crippen molar-refractivity contribution in [3.05, 3.63) is 48.6 Å². The van der Waals surface area contributed by atoms with Gasteiger partial charge in [0.25, 0.3) is 0 Å². The number of thioether (sulfide) groups is 1. The standard InChI is InChI=1S/C14H10F6I2S/c15-13(16,17)11(7-3-1-5-9(11)21)23-12(14(18,19)20)8-4-2-6-10(12)22/h1-10H. The van der Waals surface area contributed by atoms with E-state index in [9.17, 15) is 26.3 Å². The fourth-order valence-electron chi connectivity index (χ4n) is 2.27. The van der Waals surface area contributed by atoms with Gasteiger partial charge in [-0.3, -0.25) is 0 Å². The molecule has 0 saturated carbocycles. The van der Waals surface area contributed by atoms with Crippen LogP contribution in [0.15, 0.2) is 48.6 Å². The average molecular weight is 578 g/mol. The molecular weight excluding hydrogens is 568 g/mol. The topological polar surface area (TPSA) is 0 Å². The van der Waals surface area contributed by atoms with E-state index in [1.54, 1.807) is 45.2 Å². The summed E-state index contributed by atoms with van der Waals surface area (Å²) in [7, 11) is 0. The van der Waals surface area contributed by atoms with Crippen LogP contribution < -0.4 is 0 Å². The minimum Gasteiger partial charge on any atom is -0.169 e. The van der Waals surface area contributed by atoms with E-state index in [-0.39, 0.29) is 11.8 Å². The first kappa shape index (κ1) is 19.7. The lowest BCUT2D eigenvalue weighted by Crippen LogP contribution is -2.57. The van der Waals surface area contributed by atoms with Crippen molar-refractivity contribution < 1.29 is 26.3 Å². The van der Waals surface area contributed by atoms with Crippen LogP contribution in [-0.4, -0.2) is 29.7 Å². The first-order valence-electron chi connectivity index (χ1n) is 6.30. The Morgan fingerprint density at radius 3 is 1.30 bits per heavy atom. The van der Waals surface area contributed by atoms with E-state index in [0.717, 1.165) is 24.3 Å². The maximum Gasteiger partial charge on any atom is 0.408 e. The Hall–Kier alpha value is 0.350. The Kier molecular flexibility index (Phi) is 5.63. The summed E-state index contributed by atoms with van der Waals surface area (Å²) in [5.74, 6) is 0. The normalized spacial score (nSPS) is 37.4. The number of hydrogen-bond acceptors (Lipinski definition) is 1.